The number of carbonyl (C=O) groups excluding carboxylic acids is 1. The van der Waals surface area contributed by atoms with Gasteiger partial charge in [-0.25, -0.2) is 4.39 Å². The standard InChI is InChI=1S/C11H14FIN2O.ClH/c1-11(2,14)6-15-10(16)9-7(12)4-3-5-8(9)13;/h3-5H,6,14H2,1-2H3,(H,15,16);1H. The number of rotatable bonds is 3. The van der Waals surface area contributed by atoms with Gasteiger partial charge in [0.15, 0.2) is 0 Å². The highest BCUT2D eigenvalue weighted by Gasteiger charge is 2.17. The van der Waals surface area contributed by atoms with Gasteiger partial charge in [-0.05, 0) is 48.6 Å². The van der Waals surface area contributed by atoms with Crippen molar-refractivity contribution in [3.63, 3.8) is 0 Å². The minimum absolute atomic E-state index is 0. The molecule has 0 unspecified atom stereocenters. The van der Waals surface area contributed by atoms with E-state index in [-0.39, 0.29) is 18.0 Å². The van der Waals surface area contributed by atoms with E-state index in [1.165, 1.54) is 6.07 Å². The van der Waals surface area contributed by atoms with Gasteiger partial charge in [-0.3, -0.25) is 4.79 Å². The van der Waals surface area contributed by atoms with Crippen LogP contribution in [0.2, 0.25) is 0 Å². The number of halogens is 3. The number of nitrogens with one attached hydrogen (secondary N) is 1. The summed E-state index contributed by atoms with van der Waals surface area (Å²) in [7, 11) is 0. The summed E-state index contributed by atoms with van der Waals surface area (Å²) >= 11 is 1.93. The van der Waals surface area contributed by atoms with Crippen LogP contribution in [0, 0.1) is 9.39 Å². The Bertz CT molecular complexity index is 387. The van der Waals surface area contributed by atoms with E-state index >= 15 is 0 Å². The lowest BCUT2D eigenvalue weighted by Gasteiger charge is -2.19. The molecule has 0 aromatic heterocycles. The van der Waals surface area contributed by atoms with Crippen LogP contribution >= 0.6 is 35.0 Å². The number of benzene rings is 1. The maximum atomic E-state index is 13.4. The fraction of sp³-hybridized carbons (Fsp3) is 0.364. The third-order valence-corrected chi connectivity index (χ3v) is 2.79. The Morgan fingerprint density at radius 1 is 1.53 bits per heavy atom. The molecule has 0 bridgehead atoms. The summed E-state index contributed by atoms with van der Waals surface area (Å²) in [6.07, 6.45) is 0. The zero-order valence-electron chi connectivity index (χ0n) is 9.59. The van der Waals surface area contributed by atoms with E-state index in [9.17, 15) is 9.18 Å². The van der Waals surface area contributed by atoms with Gasteiger partial charge in [-0.1, -0.05) is 6.07 Å². The Labute approximate surface area is 120 Å². The van der Waals surface area contributed by atoms with Gasteiger partial charge in [0.1, 0.15) is 5.82 Å². The van der Waals surface area contributed by atoms with Crippen molar-refractivity contribution in [2.24, 2.45) is 5.73 Å². The lowest BCUT2D eigenvalue weighted by molar-refractivity contribution is 0.0941. The quantitative estimate of drug-likeness (QED) is 0.800. The third-order valence-electron chi connectivity index (χ3n) is 1.89. The molecule has 0 atom stereocenters. The molecule has 0 fully saturated rings. The second-order valence-electron chi connectivity index (χ2n) is 4.27. The molecule has 3 N–H and O–H groups in total. The first-order valence-electron chi connectivity index (χ1n) is 4.82. The van der Waals surface area contributed by atoms with Gasteiger partial charge < -0.3 is 11.1 Å². The summed E-state index contributed by atoms with van der Waals surface area (Å²) in [5.41, 5.74) is 5.30. The topological polar surface area (TPSA) is 55.1 Å². The molecule has 96 valence electrons. The van der Waals surface area contributed by atoms with Crippen molar-refractivity contribution in [3.05, 3.63) is 33.1 Å². The first-order chi connectivity index (χ1) is 7.31. The molecule has 1 amide bonds. The summed E-state index contributed by atoms with van der Waals surface area (Å²) < 4.78 is 14.0. The average Bonchev–Trinajstić information content (AvgIpc) is 2.13. The fourth-order valence-electron chi connectivity index (χ4n) is 1.11. The molecule has 0 saturated carbocycles. The van der Waals surface area contributed by atoms with Crippen LogP contribution in [0.4, 0.5) is 4.39 Å². The Morgan fingerprint density at radius 3 is 2.59 bits per heavy atom. The van der Waals surface area contributed by atoms with E-state index < -0.39 is 17.3 Å². The zero-order chi connectivity index (χ0) is 12.3. The van der Waals surface area contributed by atoms with E-state index in [4.69, 9.17) is 5.73 Å². The molecule has 17 heavy (non-hydrogen) atoms. The first-order valence-corrected chi connectivity index (χ1v) is 5.90. The Balaban J connectivity index is 0.00000256. The van der Waals surface area contributed by atoms with Gasteiger partial charge in [0.2, 0.25) is 0 Å². The molecular weight excluding hydrogens is 357 g/mol. The molecule has 1 aromatic carbocycles. The van der Waals surface area contributed by atoms with Gasteiger partial charge in [-0.2, -0.15) is 0 Å². The smallest absolute Gasteiger partial charge is 0.255 e. The van der Waals surface area contributed by atoms with Crippen molar-refractivity contribution < 1.29 is 9.18 Å². The van der Waals surface area contributed by atoms with Gasteiger partial charge >= 0.3 is 0 Å². The van der Waals surface area contributed by atoms with Crippen molar-refractivity contribution in [2.75, 3.05) is 6.54 Å². The van der Waals surface area contributed by atoms with Crippen molar-refractivity contribution in [1.29, 1.82) is 0 Å². The number of hydrogen-bond donors (Lipinski definition) is 2. The molecule has 0 saturated heterocycles. The average molecular weight is 373 g/mol. The number of carbonyl (C=O) groups is 1. The van der Waals surface area contributed by atoms with Crippen LogP contribution in [0.5, 0.6) is 0 Å². The van der Waals surface area contributed by atoms with Crippen LogP contribution in [-0.2, 0) is 0 Å². The van der Waals surface area contributed by atoms with Crippen LogP contribution in [0.3, 0.4) is 0 Å². The predicted molar refractivity (Wildman–Crippen MR) is 77.0 cm³/mol. The molecule has 0 aliphatic carbocycles. The fourth-order valence-corrected chi connectivity index (χ4v) is 1.82. The molecule has 1 rings (SSSR count). The van der Waals surface area contributed by atoms with E-state index in [1.807, 2.05) is 22.6 Å². The number of nitrogens with two attached hydrogens (primary N) is 1. The molecule has 1 aromatic rings. The molecule has 0 radical (unpaired) electrons. The van der Waals surface area contributed by atoms with Crippen molar-refractivity contribution >= 4 is 40.9 Å². The third kappa shape index (κ3) is 5.18. The highest BCUT2D eigenvalue weighted by Crippen LogP contribution is 2.15. The van der Waals surface area contributed by atoms with Crippen LogP contribution in [-0.4, -0.2) is 18.0 Å². The van der Waals surface area contributed by atoms with Gasteiger partial charge in [0.05, 0.1) is 5.56 Å². The van der Waals surface area contributed by atoms with Crippen molar-refractivity contribution in [3.8, 4) is 0 Å². The lowest BCUT2D eigenvalue weighted by Crippen LogP contribution is -2.45. The maximum absolute atomic E-state index is 13.4. The minimum Gasteiger partial charge on any atom is -0.350 e. The van der Waals surface area contributed by atoms with Gasteiger partial charge in [0, 0.05) is 15.7 Å². The Hall–Kier alpha value is -0.400. The normalized spacial score (nSPS) is 10.6. The Kier molecular flexibility index (Phi) is 6.36. The highest BCUT2D eigenvalue weighted by molar-refractivity contribution is 14.1. The highest BCUT2D eigenvalue weighted by atomic mass is 127. The molecule has 0 aliphatic rings. The summed E-state index contributed by atoms with van der Waals surface area (Å²) in [5, 5.41) is 2.61. The van der Waals surface area contributed by atoms with E-state index in [1.54, 1.807) is 26.0 Å². The first kappa shape index (κ1) is 16.6. The summed E-state index contributed by atoms with van der Waals surface area (Å²) in [6.45, 7) is 3.88. The number of hydrogen-bond acceptors (Lipinski definition) is 2. The second kappa shape index (κ2) is 6.51. The zero-order valence-corrected chi connectivity index (χ0v) is 12.6. The second-order valence-corrected chi connectivity index (χ2v) is 5.43. The summed E-state index contributed by atoms with van der Waals surface area (Å²) in [5.74, 6) is -0.944. The molecule has 0 heterocycles. The largest absolute Gasteiger partial charge is 0.350 e. The summed E-state index contributed by atoms with van der Waals surface area (Å²) in [6, 6.07) is 4.53. The van der Waals surface area contributed by atoms with Crippen LogP contribution in [0.15, 0.2) is 18.2 Å². The Morgan fingerprint density at radius 2 is 2.12 bits per heavy atom. The van der Waals surface area contributed by atoms with E-state index in [2.05, 4.69) is 5.32 Å². The SMILES string of the molecule is CC(C)(N)CNC(=O)c1c(F)cccc1I.Cl. The van der Waals surface area contributed by atoms with Crippen molar-refractivity contribution in [1.82, 2.24) is 5.32 Å². The molecular formula is C11H15ClFIN2O. The van der Waals surface area contributed by atoms with E-state index in [0.717, 1.165) is 0 Å². The molecule has 0 spiro atoms. The molecule has 0 aliphatic heterocycles. The molecule has 3 nitrogen and oxygen atoms in total. The van der Waals surface area contributed by atoms with Crippen LogP contribution < -0.4 is 11.1 Å². The number of amides is 1. The maximum Gasteiger partial charge on any atom is 0.255 e. The van der Waals surface area contributed by atoms with Crippen LogP contribution in [0.25, 0.3) is 0 Å². The summed E-state index contributed by atoms with van der Waals surface area (Å²) in [4.78, 5) is 11.7. The monoisotopic (exact) mass is 372 g/mol. The van der Waals surface area contributed by atoms with Crippen LogP contribution in [0.1, 0.15) is 24.2 Å². The van der Waals surface area contributed by atoms with Crippen molar-refractivity contribution in [2.45, 2.75) is 19.4 Å². The van der Waals surface area contributed by atoms with Gasteiger partial charge in [-0.15, -0.1) is 12.4 Å². The molecule has 6 heteroatoms. The lowest BCUT2D eigenvalue weighted by atomic mass is 10.1. The van der Waals surface area contributed by atoms with Gasteiger partial charge in [0.25, 0.3) is 5.91 Å². The minimum atomic E-state index is -0.515. The predicted octanol–water partition coefficient (Wildman–Crippen LogP) is 2.32. The van der Waals surface area contributed by atoms with E-state index in [0.29, 0.717) is 10.1 Å².